The second-order valence-corrected chi connectivity index (χ2v) is 7.67. The zero-order valence-electron chi connectivity index (χ0n) is 17.1. The highest BCUT2D eigenvalue weighted by Crippen LogP contribution is 2.37. The second-order valence-electron chi connectivity index (χ2n) is 6.50. The van der Waals surface area contributed by atoms with Crippen LogP contribution >= 0.6 is 11.8 Å². The lowest BCUT2D eigenvalue weighted by molar-refractivity contribution is -0.237. The fourth-order valence-electron chi connectivity index (χ4n) is 2.92. The number of thioether (sulfide) groups is 1. The first-order chi connectivity index (χ1) is 14.2. The SMILES string of the molecule is CC(=O)OC[C@H]1O[C@H](Sc2ccccc2)[C@@H](OC(C)=O)[C@H](OC(C)=O)[C@@H]1OC(C)=O. The molecule has 10 heteroatoms. The Balaban J connectivity index is 2.42. The van der Waals surface area contributed by atoms with Crippen LogP contribution in [0.5, 0.6) is 0 Å². The number of benzene rings is 1. The molecule has 0 saturated carbocycles. The van der Waals surface area contributed by atoms with Crippen LogP contribution in [-0.2, 0) is 42.9 Å². The number of hydrogen-bond donors (Lipinski definition) is 0. The Bertz CT molecular complexity index is 767. The summed E-state index contributed by atoms with van der Waals surface area (Å²) in [6.07, 6.45) is -4.33. The third-order valence-electron chi connectivity index (χ3n) is 3.94. The summed E-state index contributed by atoms with van der Waals surface area (Å²) in [5.74, 6) is -2.51. The van der Waals surface area contributed by atoms with Crippen LogP contribution in [0, 0.1) is 0 Å². The molecule has 1 heterocycles. The minimum absolute atomic E-state index is 0.246. The van der Waals surface area contributed by atoms with Crippen molar-refractivity contribution in [2.24, 2.45) is 0 Å². The van der Waals surface area contributed by atoms with Gasteiger partial charge in [-0.15, -0.1) is 0 Å². The van der Waals surface area contributed by atoms with Gasteiger partial charge in [0, 0.05) is 32.6 Å². The molecular weight excluding hydrogens is 416 g/mol. The van der Waals surface area contributed by atoms with E-state index in [2.05, 4.69) is 0 Å². The molecule has 0 N–H and O–H groups in total. The molecule has 0 spiro atoms. The lowest BCUT2D eigenvalue weighted by atomic mass is 9.99. The lowest BCUT2D eigenvalue weighted by Gasteiger charge is -2.44. The molecule has 1 saturated heterocycles. The van der Waals surface area contributed by atoms with E-state index in [0.717, 1.165) is 4.90 Å². The monoisotopic (exact) mass is 440 g/mol. The van der Waals surface area contributed by atoms with Crippen LogP contribution in [-0.4, -0.2) is 60.3 Å². The quantitative estimate of drug-likeness (QED) is 0.460. The van der Waals surface area contributed by atoms with Crippen LogP contribution < -0.4 is 0 Å². The average molecular weight is 440 g/mol. The van der Waals surface area contributed by atoms with Crippen molar-refractivity contribution >= 4 is 35.6 Å². The van der Waals surface area contributed by atoms with E-state index >= 15 is 0 Å². The zero-order chi connectivity index (χ0) is 22.3. The van der Waals surface area contributed by atoms with Gasteiger partial charge >= 0.3 is 23.9 Å². The summed E-state index contributed by atoms with van der Waals surface area (Å²) in [7, 11) is 0. The first-order valence-corrected chi connectivity index (χ1v) is 10.1. The van der Waals surface area contributed by atoms with Crippen molar-refractivity contribution in [2.75, 3.05) is 6.61 Å². The fraction of sp³-hybridized carbons (Fsp3) is 0.500. The number of hydrogen-bond acceptors (Lipinski definition) is 10. The molecule has 0 amide bonds. The minimum Gasteiger partial charge on any atom is -0.463 e. The highest BCUT2D eigenvalue weighted by Gasteiger charge is 2.52. The molecule has 0 aromatic heterocycles. The van der Waals surface area contributed by atoms with Gasteiger partial charge in [0.1, 0.15) is 18.1 Å². The van der Waals surface area contributed by atoms with Crippen LogP contribution in [0.25, 0.3) is 0 Å². The van der Waals surface area contributed by atoms with E-state index in [4.69, 9.17) is 23.7 Å². The first kappa shape index (κ1) is 23.7. The smallest absolute Gasteiger partial charge is 0.303 e. The predicted octanol–water partition coefficient (Wildman–Crippen LogP) is 1.86. The molecule has 5 atom stereocenters. The summed E-state index contributed by atoms with van der Waals surface area (Å²) in [4.78, 5) is 47.3. The Morgan fingerprint density at radius 1 is 0.800 bits per heavy atom. The van der Waals surface area contributed by atoms with Gasteiger partial charge in [0.25, 0.3) is 0 Å². The zero-order valence-corrected chi connectivity index (χ0v) is 17.9. The van der Waals surface area contributed by atoms with E-state index in [9.17, 15) is 19.2 Å². The molecule has 9 nitrogen and oxygen atoms in total. The maximum atomic E-state index is 11.8. The molecule has 1 aliphatic heterocycles. The standard InChI is InChI=1S/C20H24O9S/c1-11(21)25-10-16-17(26-12(2)22)18(27-13(3)23)19(28-14(4)24)20(29-16)30-15-8-6-5-7-9-15/h5-9,16-20H,10H2,1-4H3/t16-,17-,18-,19+,20-/m1/s1. The highest BCUT2D eigenvalue weighted by molar-refractivity contribution is 7.99. The third kappa shape index (κ3) is 7.03. The van der Waals surface area contributed by atoms with Crippen molar-refractivity contribution in [1.29, 1.82) is 0 Å². The van der Waals surface area contributed by atoms with Gasteiger partial charge in [0.05, 0.1) is 0 Å². The lowest BCUT2D eigenvalue weighted by Crippen LogP contribution is -2.61. The summed E-state index contributed by atoms with van der Waals surface area (Å²) in [6.45, 7) is 4.56. The van der Waals surface area contributed by atoms with Gasteiger partial charge in [-0.2, -0.15) is 0 Å². The second kappa shape index (κ2) is 11.0. The Labute approximate surface area is 178 Å². The van der Waals surface area contributed by atoms with Crippen LogP contribution in [0.2, 0.25) is 0 Å². The van der Waals surface area contributed by atoms with E-state index < -0.39 is 53.7 Å². The summed E-state index contributed by atoms with van der Waals surface area (Å²) < 4.78 is 27.2. The number of carbonyl (C=O) groups excluding carboxylic acids is 4. The first-order valence-electron chi connectivity index (χ1n) is 9.19. The van der Waals surface area contributed by atoms with Crippen molar-refractivity contribution < 1.29 is 42.9 Å². The van der Waals surface area contributed by atoms with Gasteiger partial charge in [-0.25, -0.2) is 0 Å². The molecule has 0 radical (unpaired) electrons. The summed E-state index contributed by atoms with van der Waals surface area (Å²) in [5, 5.41) is 0. The van der Waals surface area contributed by atoms with Crippen molar-refractivity contribution in [3.05, 3.63) is 30.3 Å². The molecule has 30 heavy (non-hydrogen) atoms. The third-order valence-corrected chi connectivity index (χ3v) is 5.10. The van der Waals surface area contributed by atoms with E-state index in [1.165, 1.54) is 39.5 Å². The fourth-order valence-corrected chi connectivity index (χ4v) is 4.04. The Hall–Kier alpha value is -2.59. The van der Waals surface area contributed by atoms with Crippen LogP contribution in [0.1, 0.15) is 27.7 Å². The van der Waals surface area contributed by atoms with Gasteiger partial charge in [-0.3, -0.25) is 19.2 Å². The summed E-state index contributed by atoms with van der Waals surface area (Å²) in [6, 6.07) is 9.16. The van der Waals surface area contributed by atoms with Gasteiger partial charge in [-0.1, -0.05) is 30.0 Å². The normalized spacial score (nSPS) is 25.7. The predicted molar refractivity (Wildman–Crippen MR) is 104 cm³/mol. The summed E-state index contributed by atoms with van der Waals surface area (Å²) >= 11 is 1.23. The van der Waals surface area contributed by atoms with Gasteiger partial charge in [-0.05, 0) is 12.1 Å². The van der Waals surface area contributed by atoms with Crippen molar-refractivity contribution in [2.45, 2.75) is 62.4 Å². The topological polar surface area (TPSA) is 114 Å². The van der Waals surface area contributed by atoms with Crippen LogP contribution in [0.3, 0.4) is 0 Å². The summed E-state index contributed by atoms with van der Waals surface area (Å²) in [5.41, 5.74) is -0.826. The number of esters is 4. The average Bonchev–Trinajstić information content (AvgIpc) is 2.64. The largest absolute Gasteiger partial charge is 0.463 e. The molecule has 2 rings (SSSR count). The van der Waals surface area contributed by atoms with E-state index in [0.29, 0.717) is 0 Å². The van der Waals surface area contributed by atoms with Crippen LogP contribution in [0.4, 0.5) is 0 Å². The molecule has 1 aromatic carbocycles. The molecular formula is C20H24O9S. The minimum atomic E-state index is -1.16. The molecule has 1 aromatic rings. The number of carbonyl (C=O) groups is 4. The van der Waals surface area contributed by atoms with Crippen molar-refractivity contribution in [3.8, 4) is 0 Å². The van der Waals surface area contributed by atoms with E-state index in [1.54, 1.807) is 0 Å². The molecule has 0 unspecified atom stereocenters. The van der Waals surface area contributed by atoms with E-state index in [1.807, 2.05) is 30.3 Å². The Kier molecular flexibility index (Phi) is 8.67. The maximum Gasteiger partial charge on any atom is 0.303 e. The van der Waals surface area contributed by atoms with Crippen LogP contribution in [0.15, 0.2) is 35.2 Å². The maximum absolute atomic E-state index is 11.8. The molecule has 0 aliphatic carbocycles. The number of rotatable bonds is 7. The highest BCUT2D eigenvalue weighted by atomic mass is 32.2. The van der Waals surface area contributed by atoms with E-state index in [-0.39, 0.29) is 6.61 Å². The number of ether oxygens (including phenoxy) is 5. The van der Waals surface area contributed by atoms with Crippen molar-refractivity contribution in [3.63, 3.8) is 0 Å². The Morgan fingerprint density at radius 2 is 1.33 bits per heavy atom. The van der Waals surface area contributed by atoms with Gasteiger partial charge in [0.2, 0.25) is 0 Å². The molecule has 0 bridgehead atoms. The molecule has 1 aliphatic rings. The Morgan fingerprint density at radius 3 is 1.87 bits per heavy atom. The van der Waals surface area contributed by atoms with Gasteiger partial charge < -0.3 is 23.7 Å². The molecule has 1 fully saturated rings. The van der Waals surface area contributed by atoms with Gasteiger partial charge in [0.15, 0.2) is 18.3 Å². The van der Waals surface area contributed by atoms with Crippen molar-refractivity contribution in [1.82, 2.24) is 0 Å². The molecule has 164 valence electrons.